The number of methoxy groups -OCH3 is 3. The second kappa shape index (κ2) is 16.2. The van der Waals surface area contributed by atoms with Gasteiger partial charge in [0.05, 0.1) is 37.4 Å². The molecular weight excluding hydrogens is 817 g/mol. The molecule has 14 heteroatoms. The standard InChI is InChI=1S/C49H65BN3O9S/c1-9-21-63-31-13-14-36-33(22-31)32-15-19-52-27-30(25-45(57,10-2)28-52)26-48(39(32)50-36,43(55)60-7)35-23-34-37(24-38(35)59-6)51(5)41-47(34)17-20-53-18-12-16-46(11-3,40(47)53)42(62-29(4)54)49(41,58)44(56)61-8/h12-14,16,22-24,30,35,38,40-42,57-58H,9-11,15,17-21,25-28H2,1-8H3/t30-,35?,38?,40+,41-,42-,45+,46-,47-,48+,49+/m1/s1. The Labute approximate surface area is 377 Å². The number of ether oxygens (including phenoxy) is 4. The first-order valence-electron chi connectivity index (χ1n) is 23.1. The van der Waals surface area contributed by atoms with Gasteiger partial charge in [-0.1, -0.05) is 56.0 Å². The van der Waals surface area contributed by atoms with E-state index in [1.807, 2.05) is 37.6 Å². The van der Waals surface area contributed by atoms with Crippen LogP contribution in [0.5, 0.6) is 0 Å². The fourth-order valence-electron chi connectivity index (χ4n) is 14.4. The van der Waals surface area contributed by atoms with E-state index in [0.717, 1.165) is 58.6 Å². The van der Waals surface area contributed by atoms with E-state index in [1.54, 1.807) is 7.11 Å². The fraction of sp³-hybridized carbons (Fsp3) is 0.653. The van der Waals surface area contributed by atoms with Gasteiger partial charge in [0.2, 0.25) is 5.60 Å². The van der Waals surface area contributed by atoms with Gasteiger partial charge < -0.3 is 34.1 Å². The molecule has 63 heavy (non-hydrogen) atoms. The summed E-state index contributed by atoms with van der Waals surface area (Å²) in [7, 11) is 8.56. The van der Waals surface area contributed by atoms with Crippen LogP contribution in [0, 0.1) is 28.1 Å². The number of carbonyl (C=O) groups is 3. The van der Waals surface area contributed by atoms with E-state index in [9.17, 15) is 19.8 Å². The molecular formula is C49H65BN3O9S. The molecule has 0 aromatic heterocycles. The Bertz CT molecular complexity index is 2200. The van der Waals surface area contributed by atoms with Crippen LogP contribution >= 0.6 is 11.8 Å². The van der Waals surface area contributed by atoms with E-state index in [1.165, 1.54) is 26.0 Å². The lowest BCUT2D eigenvalue weighted by atomic mass is 9.46. The Hall–Kier alpha value is -3.40. The van der Waals surface area contributed by atoms with Crippen LogP contribution in [-0.4, -0.2) is 152 Å². The van der Waals surface area contributed by atoms with Crippen molar-refractivity contribution in [3.8, 4) is 0 Å². The molecule has 12 nitrogen and oxygen atoms in total. The van der Waals surface area contributed by atoms with Crippen molar-refractivity contribution in [3.05, 3.63) is 64.8 Å². The van der Waals surface area contributed by atoms with E-state index >= 15 is 4.79 Å². The number of allylic oxidation sites excluding steroid dienone is 1. The van der Waals surface area contributed by atoms with Crippen molar-refractivity contribution in [2.24, 2.45) is 28.1 Å². The molecule has 1 aromatic carbocycles. The summed E-state index contributed by atoms with van der Waals surface area (Å²) >= 11 is 1.84. The van der Waals surface area contributed by atoms with Gasteiger partial charge in [0.25, 0.3) is 0 Å². The molecule has 6 aliphatic heterocycles. The maximum absolute atomic E-state index is 15.6. The number of piperidine rings is 1. The third-order valence-electron chi connectivity index (χ3n) is 16.7. The molecule has 1 saturated carbocycles. The smallest absolute Gasteiger partial charge is 0.344 e. The maximum atomic E-state index is 15.6. The first kappa shape index (κ1) is 44.8. The van der Waals surface area contributed by atoms with E-state index in [4.69, 9.17) is 18.9 Å². The van der Waals surface area contributed by atoms with Crippen LogP contribution in [0.2, 0.25) is 0 Å². The molecule has 3 unspecified atom stereocenters. The summed E-state index contributed by atoms with van der Waals surface area (Å²) in [6.45, 7) is 11.0. The van der Waals surface area contributed by atoms with Gasteiger partial charge in [-0.2, -0.15) is 0 Å². The van der Waals surface area contributed by atoms with Gasteiger partial charge in [-0.3, -0.25) is 19.4 Å². The lowest BCUT2D eigenvalue weighted by Gasteiger charge is -2.63. The summed E-state index contributed by atoms with van der Waals surface area (Å²) in [5.74, 6) is -1.44. The van der Waals surface area contributed by atoms with Crippen molar-refractivity contribution in [2.75, 3.05) is 66.9 Å². The predicted molar refractivity (Wildman–Crippen MR) is 242 cm³/mol. The molecule has 8 aliphatic rings. The lowest BCUT2D eigenvalue weighted by molar-refractivity contribution is -0.243. The number of nitrogens with zero attached hydrogens (tertiary/aromatic N) is 3. The zero-order valence-electron chi connectivity index (χ0n) is 38.3. The molecule has 1 aromatic rings. The van der Waals surface area contributed by atoms with Gasteiger partial charge in [0, 0.05) is 80.6 Å². The average Bonchev–Trinajstić information content (AvgIpc) is 3.94. The Kier molecular flexibility index (Phi) is 11.5. The summed E-state index contributed by atoms with van der Waals surface area (Å²) < 4.78 is 24.3. The van der Waals surface area contributed by atoms with Crippen LogP contribution < -0.4 is 5.46 Å². The Balaban J connectivity index is 1.31. The summed E-state index contributed by atoms with van der Waals surface area (Å²) in [5.41, 5.74) is -0.256. The molecule has 2 aliphatic carbocycles. The molecule has 1 spiro atoms. The van der Waals surface area contributed by atoms with Crippen molar-refractivity contribution >= 4 is 48.0 Å². The highest BCUT2D eigenvalue weighted by molar-refractivity contribution is 7.99. The van der Waals surface area contributed by atoms with Gasteiger partial charge in [0.15, 0.2) is 13.4 Å². The minimum atomic E-state index is -2.28. The van der Waals surface area contributed by atoms with Crippen LogP contribution in [0.1, 0.15) is 78.2 Å². The lowest BCUT2D eigenvalue weighted by Crippen LogP contribution is -2.79. The summed E-state index contributed by atoms with van der Waals surface area (Å²) in [4.78, 5) is 51.2. The number of aliphatic hydroxyl groups is 2. The van der Waals surface area contributed by atoms with Crippen molar-refractivity contribution in [1.82, 2.24) is 14.7 Å². The van der Waals surface area contributed by atoms with Crippen LogP contribution in [0.15, 0.2) is 64.1 Å². The number of hydrogen-bond donors (Lipinski definition) is 2. The topological polar surface area (TPSA) is 138 Å². The third-order valence-corrected chi connectivity index (χ3v) is 17.9. The van der Waals surface area contributed by atoms with Crippen LogP contribution in [0.3, 0.4) is 0 Å². The largest absolute Gasteiger partial charge is 0.468 e. The summed E-state index contributed by atoms with van der Waals surface area (Å²) in [5, 5.41) is 25.5. The summed E-state index contributed by atoms with van der Waals surface area (Å²) in [6.07, 6.45) is 11.0. The number of benzene rings is 1. The minimum Gasteiger partial charge on any atom is -0.468 e. The third kappa shape index (κ3) is 6.30. The highest BCUT2D eigenvalue weighted by atomic mass is 32.2. The fourth-order valence-corrected chi connectivity index (χ4v) is 15.2. The number of rotatable bonds is 10. The monoisotopic (exact) mass is 882 g/mol. The Morgan fingerprint density at radius 3 is 2.44 bits per heavy atom. The SMILES string of the molecule is CCCSc1ccc2c(c1)C1=C([B]2)[C@@](C(=O)OC)(C2C=C3C(=CC2OC)N(C)[C@H]2[C@@](O)(C(=O)OC)[C@H](OC(C)=O)[C@]4(CC)C=CCN5CC[C@]32[C@@H]54)C[C@@H]2CN(CC1)C[C@](O)(CC)C2. The molecule has 0 amide bonds. The molecule has 4 fully saturated rings. The molecule has 1 radical (unpaired) electrons. The van der Waals surface area contributed by atoms with Gasteiger partial charge in [-0.15, -0.1) is 11.8 Å². The molecule has 3 saturated heterocycles. The van der Waals surface area contributed by atoms with Crippen molar-refractivity contribution in [3.63, 3.8) is 0 Å². The normalized spacial score (nSPS) is 39.8. The predicted octanol–water partition coefficient (Wildman–Crippen LogP) is 4.30. The van der Waals surface area contributed by atoms with Gasteiger partial charge in [-0.05, 0) is 98.1 Å². The quantitative estimate of drug-likeness (QED) is 0.114. The van der Waals surface area contributed by atoms with E-state index in [0.29, 0.717) is 58.2 Å². The highest BCUT2D eigenvalue weighted by Gasteiger charge is 2.81. The van der Waals surface area contributed by atoms with E-state index < -0.39 is 63.6 Å². The van der Waals surface area contributed by atoms with Crippen molar-refractivity contribution in [2.45, 2.75) is 113 Å². The van der Waals surface area contributed by atoms with Crippen LogP contribution in [-0.2, 0) is 33.3 Å². The number of thioether (sulfide) groups is 1. The number of esters is 3. The average molecular weight is 883 g/mol. The minimum absolute atomic E-state index is 0.0531. The zero-order chi connectivity index (χ0) is 44.9. The zero-order valence-corrected chi connectivity index (χ0v) is 39.1. The second-order valence-electron chi connectivity index (χ2n) is 19.7. The van der Waals surface area contributed by atoms with Gasteiger partial charge in [-0.25, -0.2) is 4.79 Å². The number of fused-ring (bicyclic) bond motifs is 5. The number of hydrogen-bond acceptors (Lipinski definition) is 13. The first-order chi connectivity index (χ1) is 30.2. The number of carbonyl (C=O) groups excluding carboxylic acids is 3. The van der Waals surface area contributed by atoms with Crippen molar-refractivity contribution in [1.29, 1.82) is 0 Å². The highest BCUT2D eigenvalue weighted by Crippen LogP contribution is 2.70. The molecule has 2 bridgehead atoms. The van der Waals surface area contributed by atoms with Crippen molar-refractivity contribution < 1.29 is 43.5 Å². The van der Waals surface area contributed by atoms with Crippen LogP contribution in [0.4, 0.5) is 0 Å². The molecule has 12 atom stereocenters. The Morgan fingerprint density at radius 2 is 1.76 bits per heavy atom. The van der Waals surface area contributed by atoms with E-state index in [2.05, 4.69) is 66.5 Å². The maximum Gasteiger partial charge on any atom is 0.344 e. The van der Waals surface area contributed by atoms with Gasteiger partial charge >= 0.3 is 17.9 Å². The molecule has 2 N–H and O–H groups in total. The molecule has 6 heterocycles. The van der Waals surface area contributed by atoms with Crippen LogP contribution in [0.25, 0.3) is 5.57 Å². The first-order valence-corrected chi connectivity index (χ1v) is 24.1. The number of likely N-dealkylation sites (tertiary alicyclic amines) is 1. The second-order valence-corrected chi connectivity index (χ2v) is 20.8. The molecule has 9 rings (SSSR count). The Morgan fingerprint density at radius 1 is 0.984 bits per heavy atom. The van der Waals surface area contributed by atoms with E-state index in [-0.39, 0.29) is 17.9 Å². The van der Waals surface area contributed by atoms with Gasteiger partial charge in [0.1, 0.15) is 0 Å². The number of likely N-dealkylation sites (N-methyl/N-ethyl adjacent to an activating group) is 1. The molecule has 339 valence electrons. The summed E-state index contributed by atoms with van der Waals surface area (Å²) in [6, 6.07) is 5.49.